The van der Waals surface area contributed by atoms with Crippen LogP contribution in [0.15, 0.2) is 18.3 Å². The van der Waals surface area contributed by atoms with E-state index in [9.17, 15) is 0 Å². The van der Waals surface area contributed by atoms with Gasteiger partial charge < -0.3 is 14.9 Å². The van der Waals surface area contributed by atoms with Gasteiger partial charge in [0, 0.05) is 25.0 Å². The van der Waals surface area contributed by atoms with Crippen LogP contribution in [0.4, 0.5) is 5.69 Å². The topological polar surface area (TPSA) is 39.6 Å². The third kappa shape index (κ3) is 4.71. The lowest BCUT2D eigenvalue weighted by Crippen LogP contribution is -2.27. The fraction of sp³-hybridized carbons (Fsp3) is 0.615. The zero-order chi connectivity index (χ0) is 12.7. The number of hydrogen-bond acceptors (Lipinski definition) is 4. The van der Waals surface area contributed by atoms with Crippen LogP contribution >= 0.6 is 0 Å². The fourth-order valence-electron chi connectivity index (χ4n) is 1.80. The van der Waals surface area contributed by atoms with Gasteiger partial charge in [-0.2, -0.15) is 0 Å². The van der Waals surface area contributed by atoms with Crippen LogP contribution in [0.25, 0.3) is 0 Å². The molecule has 0 aliphatic carbocycles. The number of hydrogen-bond donors (Lipinski definition) is 1. The molecule has 17 heavy (non-hydrogen) atoms. The number of anilines is 1. The van der Waals surface area contributed by atoms with Gasteiger partial charge in [-0.15, -0.1) is 0 Å². The van der Waals surface area contributed by atoms with Gasteiger partial charge in [0.25, 0.3) is 0 Å². The van der Waals surface area contributed by atoms with Crippen molar-refractivity contribution in [3.8, 4) is 0 Å². The van der Waals surface area contributed by atoms with Gasteiger partial charge in [0.15, 0.2) is 0 Å². The van der Waals surface area contributed by atoms with E-state index in [4.69, 9.17) is 5.11 Å². The summed E-state index contributed by atoms with van der Waals surface area (Å²) in [6.07, 6.45) is 2.90. The number of aromatic nitrogens is 1. The van der Waals surface area contributed by atoms with Crippen LogP contribution in [0, 0.1) is 0 Å². The molecule has 1 N–H and O–H groups in total. The van der Waals surface area contributed by atoms with E-state index in [1.54, 1.807) is 6.20 Å². The highest BCUT2D eigenvalue weighted by molar-refractivity contribution is 5.46. The Hall–Kier alpha value is -1.13. The molecule has 1 heterocycles. The van der Waals surface area contributed by atoms with E-state index in [0.29, 0.717) is 0 Å². The normalized spacial score (nSPS) is 10.9. The van der Waals surface area contributed by atoms with E-state index < -0.39 is 0 Å². The predicted octanol–water partition coefficient (Wildman–Crippen LogP) is 1.35. The molecule has 4 heteroatoms. The summed E-state index contributed by atoms with van der Waals surface area (Å²) in [4.78, 5) is 8.60. The first-order valence-corrected chi connectivity index (χ1v) is 6.12. The van der Waals surface area contributed by atoms with Gasteiger partial charge in [0.1, 0.15) is 0 Å². The zero-order valence-corrected chi connectivity index (χ0v) is 11.1. The maximum atomic E-state index is 9.08. The van der Waals surface area contributed by atoms with Gasteiger partial charge in [-0.1, -0.05) is 0 Å². The summed E-state index contributed by atoms with van der Waals surface area (Å²) >= 11 is 0. The average molecular weight is 237 g/mol. The van der Waals surface area contributed by atoms with Crippen molar-refractivity contribution in [2.75, 3.05) is 38.6 Å². The van der Waals surface area contributed by atoms with Crippen LogP contribution in [0.3, 0.4) is 0 Å². The lowest BCUT2D eigenvalue weighted by Gasteiger charge is -2.24. The SMILES string of the molecule is CCN(CCCN(C)C)c1ccnc(CO)c1. The molecule has 0 aliphatic heterocycles. The smallest absolute Gasteiger partial charge is 0.0853 e. The number of pyridine rings is 1. The van der Waals surface area contributed by atoms with Crippen LogP contribution in [0.5, 0.6) is 0 Å². The molecule has 0 saturated carbocycles. The molecule has 1 rings (SSSR count). The summed E-state index contributed by atoms with van der Waals surface area (Å²) in [6, 6.07) is 3.96. The number of rotatable bonds is 7. The number of nitrogens with zero attached hydrogens (tertiary/aromatic N) is 3. The second-order valence-electron chi connectivity index (χ2n) is 4.40. The molecule has 0 radical (unpaired) electrons. The largest absolute Gasteiger partial charge is 0.390 e. The van der Waals surface area contributed by atoms with Crippen LogP contribution in [0.2, 0.25) is 0 Å². The summed E-state index contributed by atoms with van der Waals surface area (Å²) in [5, 5.41) is 9.08. The highest BCUT2D eigenvalue weighted by atomic mass is 16.3. The summed E-state index contributed by atoms with van der Waals surface area (Å²) in [5.74, 6) is 0. The maximum absolute atomic E-state index is 9.08. The predicted molar refractivity (Wildman–Crippen MR) is 71.2 cm³/mol. The van der Waals surface area contributed by atoms with Crippen molar-refractivity contribution in [3.05, 3.63) is 24.0 Å². The summed E-state index contributed by atoms with van der Waals surface area (Å²) < 4.78 is 0. The highest BCUT2D eigenvalue weighted by Gasteiger charge is 2.05. The van der Waals surface area contributed by atoms with Gasteiger partial charge in [-0.05, 0) is 46.1 Å². The Morgan fingerprint density at radius 1 is 1.29 bits per heavy atom. The van der Waals surface area contributed by atoms with Crippen LogP contribution in [0.1, 0.15) is 19.0 Å². The Bertz CT molecular complexity index is 328. The van der Waals surface area contributed by atoms with Crippen LogP contribution in [-0.4, -0.2) is 48.7 Å². The van der Waals surface area contributed by atoms with E-state index >= 15 is 0 Å². The molecular weight excluding hydrogens is 214 g/mol. The first-order valence-electron chi connectivity index (χ1n) is 6.12. The molecule has 96 valence electrons. The zero-order valence-electron chi connectivity index (χ0n) is 11.1. The lowest BCUT2D eigenvalue weighted by molar-refractivity contribution is 0.277. The van der Waals surface area contributed by atoms with Crippen molar-refractivity contribution in [2.45, 2.75) is 20.0 Å². The molecular formula is C13H23N3O. The van der Waals surface area contributed by atoms with Crippen molar-refractivity contribution in [1.82, 2.24) is 9.88 Å². The molecule has 0 bridgehead atoms. The summed E-state index contributed by atoms with van der Waals surface area (Å²) in [5.41, 5.74) is 1.87. The van der Waals surface area contributed by atoms with E-state index in [-0.39, 0.29) is 6.61 Å². The fourth-order valence-corrected chi connectivity index (χ4v) is 1.80. The minimum Gasteiger partial charge on any atom is -0.390 e. The van der Waals surface area contributed by atoms with Crippen molar-refractivity contribution >= 4 is 5.69 Å². The van der Waals surface area contributed by atoms with Gasteiger partial charge in [-0.25, -0.2) is 0 Å². The van der Waals surface area contributed by atoms with Crippen LogP contribution in [-0.2, 0) is 6.61 Å². The second-order valence-corrected chi connectivity index (χ2v) is 4.40. The molecule has 0 atom stereocenters. The molecule has 0 unspecified atom stereocenters. The quantitative estimate of drug-likeness (QED) is 0.777. The molecule has 0 aliphatic rings. The van der Waals surface area contributed by atoms with E-state index in [2.05, 4.69) is 35.8 Å². The van der Waals surface area contributed by atoms with Crippen LogP contribution < -0.4 is 4.90 Å². The maximum Gasteiger partial charge on any atom is 0.0853 e. The molecule has 1 aromatic heterocycles. The van der Waals surface area contributed by atoms with Gasteiger partial charge >= 0.3 is 0 Å². The molecule has 1 aromatic rings. The first-order chi connectivity index (χ1) is 8.17. The monoisotopic (exact) mass is 237 g/mol. The van der Waals surface area contributed by atoms with Gasteiger partial charge in [-0.3, -0.25) is 4.98 Å². The third-order valence-electron chi connectivity index (χ3n) is 2.74. The van der Waals surface area contributed by atoms with Gasteiger partial charge in [0.2, 0.25) is 0 Å². The van der Waals surface area contributed by atoms with Crippen molar-refractivity contribution in [3.63, 3.8) is 0 Å². The third-order valence-corrected chi connectivity index (χ3v) is 2.74. The molecule has 0 saturated heterocycles. The Balaban J connectivity index is 2.59. The van der Waals surface area contributed by atoms with Crippen molar-refractivity contribution < 1.29 is 5.11 Å². The number of aliphatic hydroxyl groups is 1. The molecule has 0 amide bonds. The van der Waals surface area contributed by atoms with E-state index in [0.717, 1.165) is 37.4 Å². The molecule has 4 nitrogen and oxygen atoms in total. The van der Waals surface area contributed by atoms with Gasteiger partial charge in [0.05, 0.1) is 12.3 Å². The first kappa shape index (κ1) is 13.9. The molecule has 0 fully saturated rings. The van der Waals surface area contributed by atoms with Crippen molar-refractivity contribution in [1.29, 1.82) is 0 Å². The number of aliphatic hydroxyl groups excluding tert-OH is 1. The van der Waals surface area contributed by atoms with Crippen molar-refractivity contribution in [2.24, 2.45) is 0 Å². The summed E-state index contributed by atoms with van der Waals surface area (Å²) in [6.45, 7) is 5.25. The highest BCUT2D eigenvalue weighted by Crippen LogP contribution is 2.14. The molecule has 0 aromatic carbocycles. The Morgan fingerprint density at radius 3 is 2.65 bits per heavy atom. The standard InChI is InChI=1S/C13H23N3O/c1-4-16(9-5-8-15(2)3)13-6-7-14-12(10-13)11-17/h6-7,10,17H,4-5,8-9,11H2,1-3H3. The Morgan fingerprint density at radius 2 is 2.06 bits per heavy atom. The second kappa shape index (κ2) is 7.25. The molecule has 0 spiro atoms. The Kier molecular flexibility index (Phi) is 5.94. The van der Waals surface area contributed by atoms with E-state index in [1.807, 2.05) is 12.1 Å². The Labute approximate surface area is 104 Å². The summed E-state index contributed by atoms with van der Waals surface area (Å²) in [7, 11) is 4.18. The minimum absolute atomic E-state index is 0.00307. The lowest BCUT2D eigenvalue weighted by atomic mass is 10.2. The minimum atomic E-state index is 0.00307. The van der Waals surface area contributed by atoms with E-state index in [1.165, 1.54) is 0 Å². The average Bonchev–Trinajstić information content (AvgIpc) is 2.34.